The molecule has 0 aliphatic carbocycles. The molecule has 0 atom stereocenters. The van der Waals surface area contributed by atoms with Crippen LogP contribution in [0.3, 0.4) is 0 Å². The first kappa shape index (κ1) is 18.8. The lowest BCUT2D eigenvalue weighted by atomic mass is 10.3. The molecule has 0 aliphatic heterocycles. The van der Waals surface area contributed by atoms with Gasteiger partial charge in [-0.1, -0.05) is 0 Å². The summed E-state index contributed by atoms with van der Waals surface area (Å²) in [4.78, 5) is 44.2. The predicted octanol–water partition coefficient (Wildman–Crippen LogP) is 0.999. The molecule has 0 aliphatic rings. The van der Waals surface area contributed by atoms with Crippen LogP contribution < -0.4 is 10.9 Å². The summed E-state index contributed by atoms with van der Waals surface area (Å²) in [5, 5.41) is 2.44. The molecule has 1 amide bonds. The van der Waals surface area contributed by atoms with Gasteiger partial charge in [0.15, 0.2) is 11.2 Å². The number of H-pyrrole nitrogens is 1. The average Bonchev–Trinajstić information content (AvgIpc) is 2.81. The second-order valence-electron chi connectivity index (χ2n) is 4.75. The number of fused-ring (bicyclic) bond motifs is 1. The van der Waals surface area contributed by atoms with Crippen molar-refractivity contribution in [3.05, 3.63) is 16.7 Å². The number of nitrogens with zero attached hydrogens (tertiary/aromatic N) is 3. The molecule has 2 rings (SSSR count). The Kier molecular flexibility index (Phi) is 6.89. The van der Waals surface area contributed by atoms with Crippen molar-refractivity contribution in [2.75, 3.05) is 11.9 Å². The van der Waals surface area contributed by atoms with E-state index in [2.05, 4.69) is 20.3 Å². The molecule has 0 unspecified atom stereocenters. The lowest BCUT2D eigenvalue weighted by Crippen LogP contribution is -2.16. The number of aromatic nitrogens is 4. The molecule has 2 aromatic rings. The molecule has 0 fully saturated rings. The van der Waals surface area contributed by atoms with Crippen LogP contribution in [0.4, 0.5) is 5.95 Å². The maximum absolute atomic E-state index is 11.9. The minimum Gasteiger partial charge on any atom is -0.466 e. The van der Waals surface area contributed by atoms with E-state index in [1.165, 1.54) is 20.2 Å². The average molecular weight is 388 g/mol. The highest BCUT2D eigenvalue weighted by molar-refractivity contribution is 8.93. The number of ether oxygens (including phenoxy) is 1. The van der Waals surface area contributed by atoms with Crippen molar-refractivity contribution in [2.24, 2.45) is 0 Å². The topological polar surface area (TPSA) is 119 Å². The highest BCUT2D eigenvalue weighted by atomic mass is 79.9. The number of hydrogen-bond donors (Lipinski definition) is 2. The number of carbonyl (C=O) groups is 2. The molecular weight excluding hydrogens is 370 g/mol. The third-order valence-corrected chi connectivity index (χ3v) is 2.87. The van der Waals surface area contributed by atoms with Crippen molar-refractivity contribution in [1.82, 2.24) is 19.5 Å². The number of aromatic amines is 1. The SMILES string of the molecule is Br.CC(=O)Nc1nc2c(ncn2CCCCOC(C)=O)c(=O)[nH]1. The van der Waals surface area contributed by atoms with Gasteiger partial charge in [-0.15, -0.1) is 17.0 Å². The number of imidazole rings is 1. The van der Waals surface area contributed by atoms with Gasteiger partial charge in [-0.3, -0.25) is 24.7 Å². The highest BCUT2D eigenvalue weighted by Gasteiger charge is 2.10. The van der Waals surface area contributed by atoms with E-state index < -0.39 is 5.56 Å². The minimum absolute atomic E-state index is 0. The highest BCUT2D eigenvalue weighted by Crippen LogP contribution is 2.09. The molecule has 0 saturated carbocycles. The van der Waals surface area contributed by atoms with Gasteiger partial charge in [0.1, 0.15) is 0 Å². The first-order valence-corrected chi connectivity index (χ1v) is 6.83. The first-order valence-electron chi connectivity index (χ1n) is 6.83. The quantitative estimate of drug-likeness (QED) is 0.563. The number of carbonyl (C=O) groups excluding carboxylic acids is 2. The summed E-state index contributed by atoms with van der Waals surface area (Å²) in [7, 11) is 0. The Hall–Kier alpha value is -2.23. The van der Waals surface area contributed by atoms with Crippen LogP contribution in [-0.4, -0.2) is 38.0 Å². The molecule has 2 N–H and O–H groups in total. The zero-order valence-corrected chi connectivity index (χ0v) is 14.5. The molecule has 0 radical (unpaired) electrons. The normalized spacial score (nSPS) is 10.2. The van der Waals surface area contributed by atoms with Gasteiger partial charge >= 0.3 is 5.97 Å². The van der Waals surface area contributed by atoms with Crippen LogP contribution >= 0.6 is 17.0 Å². The van der Waals surface area contributed by atoms with Crippen LogP contribution in [0, 0.1) is 0 Å². The predicted molar refractivity (Wildman–Crippen MR) is 88.6 cm³/mol. The molecule has 23 heavy (non-hydrogen) atoms. The first-order chi connectivity index (χ1) is 10.5. The van der Waals surface area contributed by atoms with Crippen molar-refractivity contribution in [3.63, 3.8) is 0 Å². The minimum atomic E-state index is -0.410. The number of aryl methyl sites for hydroxylation is 1. The fourth-order valence-electron chi connectivity index (χ4n) is 1.94. The van der Waals surface area contributed by atoms with E-state index in [0.717, 1.165) is 6.42 Å². The zero-order chi connectivity index (χ0) is 16.1. The fourth-order valence-corrected chi connectivity index (χ4v) is 1.94. The van der Waals surface area contributed by atoms with Crippen molar-refractivity contribution >= 4 is 46.0 Å². The van der Waals surface area contributed by atoms with Gasteiger partial charge in [-0.2, -0.15) is 4.98 Å². The van der Waals surface area contributed by atoms with Gasteiger partial charge in [0.25, 0.3) is 5.56 Å². The lowest BCUT2D eigenvalue weighted by Gasteiger charge is -2.05. The molecule has 0 bridgehead atoms. The Morgan fingerprint density at radius 1 is 1.35 bits per heavy atom. The number of amides is 1. The summed E-state index contributed by atoms with van der Waals surface area (Å²) in [5.74, 6) is -0.539. The van der Waals surface area contributed by atoms with E-state index >= 15 is 0 Å². The number of hydrogen-bond acceptors (Lipinski definition) is 6. The smallest absolute Gasteiger partial charge is 0.302 e. The number of esters is 1. The summed E-state index contributed by atoms with van der Waals surface area (Å²) in [6.45, 7) is 3.63. The summed E-state index contributed by atoms with van der Waals surface area (Å²) < 4.78 is 6.57. The zero-order valence-electron chi connectivity index (χ0n) is 12.8. The standard InChI is InChI=1S/C13H17N5O4.BrH/c1-8(19)15-13-16-11-10(12(21)17-13)14-7-18(11)5-3-4-6-22-9(2)20;/h7H,3-6H2,1-2H3,(H2,15,16,17,19,21);1H. The molecule has 126 valence electrons. The molecular formula is C13H18BrN5O4. The summed E-state index contributed by atoms with van der Waals surface area (Å²) in [6, 6.07) is 0. The molecule has 2 heterocycles. The Morgan fingerprint density at radius 2 is 2.09 bits per heavy atom. The number of unbranched alkanes of at least 4 members (excludes halogenated alkanes) is 1. The van der Waals surface area contributed by atoms with Crippen LogP contribution in [0.1, 0.15) is 26.7 Å². The Bertz CT molecular complexity index is 754. The Balaban J connectivity index is 0.00000264. The molecule has 0 aromatic carbocycles. The molecule has 0 saturated heterocycles. The van der Waals surface area contributed by atoms with Gasteiger partial charge in [-0.05, 0) is 12.8 Å². The number of anilines is 1. The van der Waals surface area contributed by atoms with Gasteiger partial charge in [0.05, 0.1) is 12.9 Å². The van der Waals surface area contributed by atoms with E-state index in [1.807, 2.05) is 0 Å². The summed E-state index contributed by atoms with van der Waals surface area (Å²) in [6.07, 6.45) is 2.96. The third kappa shape index (κ3) is 5.16. The van der Waals surface area contributed by atoms with Gasteiger partial charge in [0, 0.05) is 20.4 Å². The van der Waals surface area contributed by atoms with E-state index in [-0.39, 0.29) is 40.3 Å². The molecule has 0 spiro atoms. The lowest BCUT2D eigenvalue weighted by molar-refractivity contribution is -0.141. The van der Waals surface area contributed by atoms with Crippen LogP contribution in [0.2, 0.25) is 0 Å². The van der Waals surface area contributed by atoms with Crippen LogP contribution in [0.5, 0.6) is 0 Å². The van der Waals surface area contributed by atoms with Gasteiger partial charge in [-0.25, -0.2) is 4.98 Å². The third-order valence-electron chi connectivity index (χ3n) is 2.87. The maximum Gasteiger partial charge on any atom is 0.302 e. The van der Waals surface area contributed by atoms with Crippen molar-refractivity contribution in [1.29, 1.82) is 0 Å². The number of rotatable bonds is 6. The van der Waals surface area contributed by atoms with Crippen molar-refractivity contribution in [3.8, 4) is 0 Å². The Labute approximate surface area is 142 Å². The maximum atomic E-state index is 11.9. The van der Waals surface area contributed by atoms with Gasteiger partial charge in [0.2, 0.25) is 11.9 Å². The van der Waals surface area contributed by atoms with Crippen LogP contribution in [0.25, 0.3) is 11.2 Å². The Morgan fingerprint density at radius 3 is 2.74 bits per heavy atom. The van der Waals surface area contributed by atoms with Gasteiger partial charge < -0.3 is 9.30 Å². The van der Waals surface area contributed by atoms with Crippen LogP contribution in [0.15, 0.2) is 11.1 Å². The van der Waals surface area contributed by atoms with Crippen molar-refractivity contribution < 1.29 is 14.3 Å². The number of nitrogens with one attached hydrogen (secondary N) is 2. The molecule has 10 heteroatoms. The second kappa shape index (κ2) is 8.42. The van der Waals surface area contributed by atoms with Crippen LogP contribution in [-0.2, 0) is 20.9 Å². The molecule has 9 nitrogen and oxygen atoms in total. The molecule has 2 aromatic heterocycles. The van der Waals surface area contributed by atoms with E-state index in [9.17, 15) is 14.4 Å². The van der Waals surface area contributed by atoms with E-state index in [0.29, 0.717) is 25.2 Å². The fraction of sp³-hybridized carbons (Fsp3) is 0.462. The summed E-state index contributed by atoms with van der Waals surface area (Å²) in [5.41, 5.74) is 0.210. The number of halogens is 1. The monoisotopic (exact) mass is 387 g/mol. The summed E-state index contributed by atoms with van der Waals surface area (Å²) >= 11 is 0. The largest absolute Gasteiger partial charge is 0.466 e. The second-order valence-corrected chi connectivity index (χ2v) is 4.75. The van der Waals surface area contributed by atoms with E-state index in [4.69, 9.17) is 4.74 Å². The van der Waals surface area contributed by atoms with Crippen molar-refractivity contribution in [2.45, 2.75) is 33.2 Å². The van der Waals surface area contributed by atoms with E-state index in [1.54, 1.807) is 4.57 Å².